The summed E-state index contributed by atoms with van der Waals surface area (Å²) in [4.78, 5) is 18.0. The zero-order valence-electron chi connectivity index (χ0n) is 24.8. The summed E-state index contributed by atoms with van der Waals surface area (Å²) in [5.41, 5.74) is 4.68. The second kappa shape index (κ2) is 11.5. The zero-order chi connectivity index (χ0) is 30.2. The number of imidazole rings is 1. The maximum Gasteiger partial charge on any atom is 0.255 e. The minimum Gasteiger partial charge on any atom is -0.755 e. The lowest BCUT2D eigenvalue weighted by atomic mass is 9.86. The summed E-state index contributed by atoms with van der Waals surface area (Å²) in [6.45, 7) is 12.1. The van der Waals surface area contributed by atoms with Crippen molar-refractivity contribution >= 4 is 28.5 Å². The standard InChI is InChI=1S/C29H37N7O4S/c1-17(2)27-30-15-25(34(27)7)22-16-36(33-32-22)23-12-19(11-10-18(23)3)28(37)31-21-13-20(29(4,5)6)14-24(26(21)40-9)35(8)41(38)39/h10-17H,1-9H3,(H,31,37)(H,38,39)/p-1. The lowest BCUT2D eigenvalue weighted by molar-refractivity contribution is 0.102. The summed E-state index contributed by atoms with van der Waals surface area (Å²) in [6, 6.07) is 8.87. The third kappa shape index (κ3) is 6.03. The van der Waals surface area contributed by atoms with Crippen molar-refractivity contribution in [3.8, 4) is 22.8 Å². The average molecular weight is 579 g/mol. The van der Waals surface area contributed by atoms with Gasteiger partial charge in [0.05, 0.1) is 42.3 Å². The molecule has 12 heteroatoms. The number of amides is 1. The molecule has 0 aliphatic heterocycles. The van der Waals surface area contributed by atoms with E-state index >= 15 is 0 Å². The number of carbonyl (C=O) groups excluding carboxylic acids is 1. The van der Waals surface area contributed by atoms with E-state index in [1.165, 1.54) is 14.2 Å². The quantitative estimate of drug-likeness (QED) is 0.295. The van der Waals surface area contributed by atoms with Crippen LogP contribution in [0.2, 0.25) is 0 Å². The number of benzene rings is 2. The molecule has 1 amide bonds. The number of nitrogens with zero attached hydrogens (tertiary/aromatic N) is 6. The first kappa shape index (κ1) is 29.9. The Morgan fingerprint density at radius 3 is 2.49 bits per heavy atom. The second-order valence-corrected chi connectivity index (χ2v) is 12.2. The summed E-state index contributed by atoms with van der Waals surface area (Å²) in [6.07, 6.45) is 3.60. The number of aryl methyl sites for hydroxylation is 1. The largest absolute Gasteiger partial charge is 0.755 e. The number of anilines is 2. The molecule has 0 aliphatic carbocycles. The Morgan fingerprint density at radius 2 is 1.90 bits per heavy atom. The maximum atomic E-state index is 13.5. The Labute approximate surface area is 243 Å². The summed E-state index contributed by atoms with van der Waals surface area (Å²) in [5, 5.41) is 11.6. The van der Waals surface area contributed by atoms with Gasteiger partial charge in [0.1, 0.15) is 11.5 Å². The Balaban J connectivity index is 1.70. The number of carbonyl (C=O) groups is 1. The Kier molecular flexibility index (Phi) is 8.36. The van der Waals surface area contributed by atoms with Gasteiger partial charge < -0.3 is 23.5 Å². The van der Waals surface area contributed by atoms with Crippen molar-refractivity contribution in [2.45, 2.75) is 52.9 Å². The topological polar surface area (TPSA) is 130 Å². The van der Waals surface area contributed by atoms with Crippen molar-refractivity contribution in [1.29, 1.82) is 0 Å². The molecule has 4 rings (SSSR count). The van der Waals surface area contributed by atoms with Crippen molar-refractivity contribution in [1.82, 2.24) is 24.5 Å². The maximum absolute atomic E-state index is 13.5. The highest BCUT2D eigenvalue weighted by atomic mass is 32.2. The smallest absolute Gasteiger partial charge is 0.255 e. The normalized spacial score (nSPS) is 12.5. The highest BCUT2D eigenvalue weighted by molar-refractivity contribution is 7.80. The fourth-order valence-corrected chi connectivity index (χ4v) is 4.85. The van der Waals surface area contributed by atoms with E-state index in [1.54, 1.807) is 35.1 Å². The third-order valence-electron chi connectivity index (χ3n) is 6.97. The van der Waals surface area contributed by atoms with Gasteiger partial charge >= 0.3 is 0 Å². The molecule has 218 valence electrons. The molecule has 0 fully saturated rings. The van der Waals surface area contributed by atoms with Gasteiger partial charge in [0.15, 0.2) is 5.75 Å². The molecule has 0 saturated heterocycles. The predicted molar refractivity (Wildman–Crippen MR) is 159 cm³/mol. The van der Waals surface area contributed by atoms with Gasteiger partial charge in [-0.05, 0) is 47.7 Å². The number of methoxy groups -OCH3 is 1. The van der Waals surface area contributed by atoms with Crippen LogP contribution < -0.4 is 14.4 Å². The monoisotopic (exact) mass is 578 g/mol. The molecular weight excluding hydrogens is 542 g/mol. The van der Waals surface area contributed by atoms with Crippen LogP contribution in [0.15, 0.2) is 42.7 Å². The Hall–Kier alpha value is -4.03. The number of hydrogen-bond donors (Lipinski definition) is 1. The van der Waals surface area contributed by atoms with Crippen LogP contribution in [-0.4, -0.2) is 53.4 Å². The van der Waals surface area contributed by atoms with Crippen LogP contribution in [0.4, 0.5) is 11.4 Å². The molecule has 2 heterocycles. The summed E-state index contributed by atoms with van der Waals surface area (Å²) in [5.74, 6) is 1.07. The second-order valence-electron chi connectivity index (χ2n) is 11.3. The number of rotatable bonds is 8. The lowest BCUT2D eigenvalue weighted by Gasteiger charge is -2.28. The molecule has 1 N–H and O–H groups in total. The van der Waals surface area contributed by atoms with Gasteiger partial charge in [-0.25, -0.2) is 9.67 Å². The van der Waals surface area contributed by atoms with Gasteiger partial charge in [0.25, 0.3) is 5.91 Å². The van der Waals surface area contributed by atoms with Gasteiger partial charge in [-0.2, -0.15) is 0 Å². The number of nitrogens with one attached hydrogen (secondary N) is 1. The minimum absolute atomic E-state index is 0.239. The van der Waals surface area contributed by atoms with E-state index in [4.69, 9.17) is 4.74 Å². The van der Waals surface area contributed by atoms with Crippen molar-refractivity contribution in [3.05, 3.63) is 65.2 Å². The Morgan fingerprint density at radius 1 is 1.20 bits per heavy atom. The van der Waals surface area contributed by atoms with Crippen LogP contribution in [0.1, 0.15) is 67.8 Å². The fourth-order valence-electron chi connectivity index (χ4n) is 4.56. The van der Waals surface area contributed by atoms with Gasteiger partial charge in [-0.15, -0.1) is 5.10 Å². The molecule has 0 bridgehead atoms. The number of aromatic nitrogens is 5. The molecule has 0 radical (unpaired) electrons. The van der Waals surface area contributed by atoms with Crippen molar-refractivity contribution in [3.63, 3.8) is 0 Å². The van der Waals surface area contributed by atoms with Gasteiger partial charge in [0.2, 0.25) is 0 Å². The summed E-state index contributed by atoms with van der Waals surface area (Å²) in [7, 11) is 4.81. The SMILES string of the molecule is COc1c(NC(=O)c2ccc(C)c(-n3cc(-c4cnc(C(C)C)n4C)nn3)c2)cc(C(C)(C)C)cc1N(C)S(=O)[O-]. The highest BCUT2D eigenvalue weighted by Crippen LogP contribution is 2.41. The summed E-state index contributed by atoms with van der Waals surface area (Å²) < 4.78 is 33.9. The Bertz CT molecular complexity index is 1620. The molecule has 1 unspecified atom stereocenters. The molecule has 0 spiro atoms. The number of hydrogen-bond acceptors (Lipinski definition) is 7. The van der Waals surface area contributed by atoms with Crippen molar-refractivity contribution in [2.24, 2.45) is 7.05 Å². The van der Waals surface area contributed by atoms with E-state index in [0.29, 0.717) is 28.3 Å². The zero-order valence-corrected chi connectivity index (χ0v) is 25.7. The molecule has 4 aromatic rings. The summed E-state index contributed by atoms with van der Waals surface area (Å²) >= 11 is -2.54. The average Bonchev–Trinajstić information content (AvgIpc) is 3.54. The molecule has 1 atom stereocenters. The van der Waals surface area contributed by atoms with Gasteiger partial charge in [0, 0.05) is 36.8 Å². The molecule has 41 heavy (non-hydrogen) atoms. The third-order valence-corrected chi connectivity index (χ3v) is 7.61. The molecule has 11 nitrogen and oxygen atoms in total. The first-order valence-corrected chi connectivity index (χ1v) is 14.2. The molecule has 0 saturated carbocycles. The first-order chi connectivity index (χ1) is 19.2. The minimum atomic E-state index is -2.54. The molecular formula is C29H36N7O4S-. The van der Waals surface area contributed by atoms with Crippen molar-refractivity contribution < 1.29 is 18.3 Å². The van der Waals surface area contributed by atoms with Crippen LogP contribution in [0.25, 0.3) is 17.1 Å². The first-order valence-electron chi connectivity index (χ1n) is 13.1. The van der Waals surface area contributed by atoms with Crippen LogP contribution in [0.3, 0.4) is 0 Å². The number of ether oxygens (including phenoxy) is 1. The molecule has 2 aromatic carbocycles. The van der Waals surface area contributed by atoms with Crippen LogP contribution >= 0.6 is 0 Å². The molecule has 0 aliphatic rings. The van der Waals surface area contributed by atoms with Gasteiger partial charge in [-0.1, -0.05) is 45.9 Å². The predicted octanol–water partition coefficient (Wildman–Crippen LogP) is 4.89. The highest BCUT2D eigenvalue weighted by Gasteiger charge is 2.23. The van der Waals surface area contributed by atoms with Crippen molar-refractivity contribution in [2.75, 3.05) is 23.8 Å². The van der Waals surface area contributed by atoms with E-state index in [1.807, 2.05) is 51.6 Å². The van der Waals surface area contributed by atoms with E-state index in [2.05, 4.69) is 34.5 Å². The van der Waals surface area contributed by atoms with Crippen LogP contribution in [0, 0.1) is 6.92 Å². The van der Waals surface area contributed by atoms with E-state index < -0.39 is 11.3 Å². The van der Waals surface area contributed by atoms with Crippen LogP contribution in [0.5, 0.6) is 5.75 Å². The van der Waals surface area contributed by atoms with Crippen LogP contribution in [-0.2, 0) is 23.7 Å². The van der Waals surface area contributed by atoms with E-state index in [-0.39, 0.29) is 23.0 Å². The van der Waals surface area contributed by atoms with E-state index in [9.17, 15) is 13.6 Å². The lowest BCUT2D eigenvalue weighted by Crippen LogP contribution is -2.23. The fraction of sp³-hybridized carbons (Fsp3) is 0.379. The molecule has 2 aromatic heterocycles. The van der Waals surface area contributed by atoms with E-state index in [0.717, 1.165) is 27.0 Å². The van der Waals surface area contributed by atoms with Gasteiger partial charge in [-0.3, -0.25) is 9.00 Å².